The smallest absolute Gasteiger partial charge is 0.241 e. The standard InChI is InChI=1S/C17H25N5O.HI/c1-3-18-16(23)12-22-17(19-4-2)20-10-9-13-11-21-15-8-6-5-7-14(13)15;/h5-8,11,21H,3-4,9-10,12H2,1-2H3,(H,18,23)(H2,19,20,22);1H. The summed E-state index contributed by atoms with van der Waals surface area (Å²) >= 11 is 0. The molecule has 1 heterocycles. The van der Waals surface area contributed by atoms with Crippen molar-refractivity contribution in [2.45, 2.75) is 20.3 Å². The highest BCUT2D eigenvalue weighted by Crippen LogP contribution is 2.17. The van der Waals surface area contributed by atoms with Crippen LogP contribution in [0.4, 0.5) is 0 Å². The number of para-hydroxylation sites is 1. The third-order valence-corrected chi connectivity index (χ3v) is 3.46. The van der Waals surface area contributed by atoms with Crippen molar-refractivity contribution in [1.82, 2.24) is 20.9 Å². The maximum absolute atomic E-state index is 11.5. The van der Waals surface area contributed by atoms with E-state index in [2.05, 4.69) is 38.1 Å². The first-order valence-corrected chi connectivity index (χ1v) is 8.08. The van der Waals surface area contributed by atoms with Crippen LogP contribution >= 0.6 is 24.0 Å². The summed E-state index contributed by atoms with van der Waals surface area (Å²) in [5.41, 5.74) is 2.42. The number of benzene rings is 1. The van der Waals surface area contributed by atoms with E-state index in [1.54, 1.807) is 0 Å². The number of halogens is 1. The summed E-state index contributed by atoms with van der Waals surface area (Å²) in [7, 11) is 0. The molecule has 0 saturated heterocycles. The van der Waals surface area contributed by atoms with Crippen molar-refractivity contribution in [3.63, 3.8) is 0 Å². The van der Waals surface area contributed by atoms with Crippen molar-refractivity contribution >= 4 is 46.7 Å². The lowest BCUT2D eigenvalue weighted by atomic mass is 10.1. The maximum Gasteiger partial charge on any atom is 0.241 e. The van der Waals surface area contributed by atoms with E-state index in [4.69, 9.17) is 0 Å². The lowest BCUT2D eigenvalue weighted by Gasteiger charge is -2.11. The molecule has 1 amide bonds. The Morgan fingerprint density at radius 3 is 2.62 bits per heavy atom. The molecule has 2 rings (SSSR count). The molecule has 0 aliphatic heterocycles. The van der Waals surface area contributed by atoms with E-state index < -0.39 is 0 Å². The number of amides is 1. The van der Waals surface area contributed by atoms with Crippen molar-refractivity contribution < 1.29 is 4.79 Å². The topological polar surface area (TPSA) is 81.3 Å². The third-order valence-electron chi connectivity index (χ3n) is 3.46. The van der Waals surface area contributed by atoms with Crippen molar-refractivity contribution in [3.05, 3.63) is 36.0 Å². The Morgan fingerprint density at radius 2 is 1.88 bits per heavy atom. The number of aromatic nitrogens is 1. The van der Waals surface area contributed by atoms with Gasteiger partial charge >= 0.3 is 0 Å². The van der Waals surface area contributed by atoms with E-state index in [-0.39, 0.29) is 36.4 Å². The van der Waals surface area contributed by atoms with Crippen molar-refractivity contribution in [2.75, 3.05) is 26.2 Å². The first kappa shape index (κ1) is 20.3. The molecule has 0 aliphatic carbocycles. The van der Waals surface area contributed by atoms with E-state index in [0.717, 1.165) is 25.0 Å². The Morgan fingerprint density at radius 1 is 1.12 bits per heavy atom. The molecule has 0 aliphatic rings. The predicted molar refractivity (Wildman–Crippen MR) is 110 cm³/mol. The van der Waals surface area contributed by atoms with Crippen molar-refractivity contribution in [1.29, 1.82) is 0 Å². The fourth-order valence-electron chi connectivity index (χ4n) is 2.40. The molecule has 1 aromatic heterocycles. The van der Waals surface area contributed by atoms with Gasteiger partial charge in [0.25, 0.3) is 0 Å². The number of guanidine groups is 1. The van der Waals surface area contributed by atoms with Gasteiger partial charge in [0.1, 0.15) is 6.54 Å². The number of H-pyrrole nitrogens is 1. The second-order valence-corrected chi connectivity index (χ2v) is 5.18. The average molecular weight is 443 g/mol. The molecule has 0 radical (unpaired) electrons. The third kappa shape index (κ3) is 6.03. The summed E-state index contributed by atoms with van der Waals surface area (Å²) in [6.45, 7) is 6.17. The van der Waals surface area contributed by atoms with Gasteiger partial charge in [-0.25, -0.2) is 4.99 Å². The molecule has 24 heavy (non-hydrogen) atoms. The van der Waals surface area contributed by atoms with Gasteiger partial charge in [-0.2, -0.15) is 0 Å². The number of nitrogens with one attached hydrogen (secondary N) is 4. The van der Waals surface area contributed by atoms with Crippen LogP contribution in [0.1, 0.15) is 19.4 Å². The number of hydrogen-bond acceptors (Lipinski definition) is 2. The second kappa shape index (κ2) is 10.9. The van der Waals surface area contributed by atoms with E-state index in [9.17, 15) is 4.79 Å². The number of nitrogens with zero attached hydrogens (tertiary/aromatic N) is 1. The summed E-state index contributed by atoms with van der Waals surface area (Å²) < 4.78 is 0. The van der Waals surface area contributed by atoms with Gasteiger partial charge in [-0.1, -0.05) is 18.2 Å². The lowest BCUT2D eigenvalue weighted by molar-refractivity contribution is -0.119. The fraction of sp³-hybridized carbons (Fsp3) is 0.412. The van der Waals surface area contributed by atoms with Gasteiger partial charge in [-0.3, -0.25) is 4.79 Å². The second-order valence-electron chi connectivity index (χ2n) is 5.18. The summed E-state index contributed by atoms with van der Waals surface area (Å²) in [6.07, 6.45) is 2.93. The molecule has 6 nitrogen and oxygen atoms in total. The first-order valence-electron chi connectivity index (χ1n) is 8.08. The Bertz CT molecular complexity index is 668. The number of hydrogen-bond donors (Lipinski definition) is 4. The molecule has 1 aromatic carbocycles. The minimum atomic E-state index is -0.0682. The van der Waals surface area contributed by atoms with E-state index >= 15 is 0 Å². The van der Waals surface area contributed by atoms with Gasteiger partial charge in [-0.05, 0) is 31.9 Å². The van der Waals surface area contributed by atoms with Crippen LogP contribution in [-0.4, -0.2) is 43.0 Å². The Balaban J connectivity index is 0.00000288. The van der Waals surface area contributed by atoms with Crippen LogP contribution in [0.25, 0.3) is 10.9 Å². The molecule has 0 atom stereocenters. The average Bonchev–Trinajstić information content (AvgIpc) is 2.96. The SMILES string of the molecule is CCNC(=O)CN=C(NCC)NCCc1c[nH]c2ccccc12.I. The highest BCUT2D eigenvalue weighted by Gasteiger charge is 2.04. The van der Waals surface area contributed by atoms with Crippen molar-refractivity contribution in [2.24, 2.45) is 4.99 Å². The summed E-state index contributed by atoms with van der Waals surface area (Å²) in [6, 6.07) is 8.27. The lowest BCUT2D eigenvalue weighted by Crippen LogP contribution is -2.39. The normalized spacial score (nSPS) is 11.0. The Labute approximate surface area is 159 Å². The van der Waals surface area contributed by atoms with Crippen LogP contribution in [-0.2, 0) is 11.2 Å². The number of carbonyl (C=O) groups excluding carboxylic acids is 1. The van der Waals surface area contributed by atoms with Crippen LogP contribution in [0, 0.1) is 0 Å². The molecule has 0 unspecified atom stereocenters. The highest BCUT2D eigenvalue weighted by atomic mass is 127. The molecular weight excluding hydrogens is 417 g/mol. The molecule has 2 aromatic rings. The van der Waals surface area contributed by atoms with Gasteiger partial charge in [0.2, 0.25) is 5.91 Å². The highest BCUT2D eigenvalue weighted by molar-refractivity contribution is 14.0. The zero-order valence-electron chi connectivity index (χ0n) is 14.2. The van der Waals surface area contributed by atoms with Crippen LogP contribution < -0.4 is 16.0 Å². The van der Waals surface area contributed by atoms with Crippen LogP contribution in [0.2, 0.25) is 0 Å². The zero-order valence-corrected chi connectivity index (χ0v) is 16.5. The van der Waals surface area contributed by atoms with Crippen molar-refractivity contribution in [3.8, 4) is 0 Å². The monoisotopic (exact) mass is 443 g/mol. The van der Waals surface area contributed by atoms with Gasteiger partial charge in [0.15, 0.2) is 5.96 Å². The first-order chi connectivity index (χ1) is 11.2. The number of aliphatic imine (C=N–C) groups is 1. The van der Waals surface area contributed by atoms with Crippen LogP contribution in [0.15, 0.2) is 35.5 Å². The number of fused-ring (bicyclic) bond motifs is 1. The number of likely N-dealkylation sites (N-methyl/N-ethyl adjacent to an activating group) is 1. The summed E-state index contributed by atoms with van der Waals surface area (Å²) in [4.78, 5) is 19.0. The van der Waals surface area contributed by atoms with E-state index in [1.165, 1.54) is 10.9 Å². The van der Waals surface area contributed by atoms with E-state index in [0.29, 0.717) is 12.5 Å². The Hall–Kier alpha value is -1.77. The minimum absolute atomic E-state index is 0. The van der Waals surface area contributed by atoms with E-state index in [1.807, 2.05) is 32.2 Å². The zero-order chi connectivity index (χ0) is 16.5. The number of rotatable bonds is 7. The molecule has 4 N–H and O–H groups in total. The largest absolute Gasteiger partial charge is 0.361 e. The van der Waals surface area contributed by atoms with Crippen LogP contribution in [0.3, 0.4) is 0 Å². The molecular formula is C17H26IN5O. The molecule has 0 fully saturated rings. The predicted octanol–water partition coefficient (Wildman–Crippen LogP) is 2.02. The Kier molecular flexibility index (Phi) is 9.21. The summed E-state index contributed by atoms with van der Waals surface area (Å²) in [5.74, 6) is 0.597. The molecule has 7 heteroatoms. The molecule has 0 saturated carbocycles. The molecule has 0 spiro atoms. The quantitative estimate of drug-likeness (QED) is 0.300. The van der Waals surface area contributed by atoms with Gasteiger partial charge in [-0.15, -0.1) is 24.0 Å². The fourth-order valence-corrected chi connectivity index (χ4v) is 2.40. The van der Waals surface area contributed by atoms with Crippen LogP contribution in [0.5, 0.6) is 0 Å². The number of carbonyl (C=O) groups is 1. The van der Waals surface area contributed by atoms with Gasteiger partial charge < -0.3 is 20.9 Å². The number of aromatic amines is 1. The van der Waals surface area contributed by atoms with Gasteiger partial charge in [0.05, 0.1) is 0 Å². The van der Waals surface area contributed by atoms with Gasteiger partial charge in [0, 0.05) is 36.7 Å². The summed E-state index contributed by atoms with van der Waals surface area (Å²) in [5, 5.41) is 10.4. The molecule has 132 valence electrons. The minimum Gasteiger partial charge on any atom is -0.361 e. The molecule has 0 bridgehead atoms. The maximum atomic E-state index is 11.5.